The van der Waals surface area contributed by atoms with Gasteiger partial charge in [-0.3, -0.25) is 5.10 Å². The van der Waals surface area contributed by atoms with E-state index < -0.39 is 0 Å². The second-order valence-electron chi connectivity index (χ2n) is 6.40. The van der Waals surface area contributed by atoms with Crippen LogP contribution in [0.15, 0.2) is 35.5 Å². The minimum atomic E-state index is -0.244. The van der Waals surface area contributed by atoms with Crippen molar-refractivity contribution in [1.29, 1.82) is 0 Å². The molecule has 2 N–H and O–H groups in total. The van der Waals surface area contributed by atoms with Gasteiger partial charge in [0.05, 0.1) is 11.3 Å². The highest BCUT2D eigenvalue weighted by Crippen LogP contribution is 2.44. The van der Waals surface area contributed by atoms with Gasteiger partial charge in [-0.2, -0.15) is 5.10 Å². The fourth-order valence-corrected chi connectivity index (χ4v) is 3.79. The van der Waals surface area contributed by atoms with E-state index in [-0.39, 0.29) is 18.5 Å². The van der Waals surface area contributed by atoms with Crippen LogP contribution in [0.25, 0.3) is 0 Å². The lowest BCUT2D eigenvalue weighted by Gasteiger charge is -2.26. The topological polar surface area (TPSA) is 70.2 Å². The number of H-pyrrole nitrogens is 1. The summed E-state index contributed by atoms with van der Waals surface area (Å²) in [6, 6.07) is 8.46. The summed E-state index contributed by atoms with van der Waals surface area (Å²) in [5.74, 6) is 0.393. The number of carbonyl (C=O) groups excluding carboxylic acids is 1. The SMILES string of the molecule is CCN(CC)c1ccc([C@H]2C3=C(COC3=O)Nc3n[nH]c(C)c32)cc1. The van der Waals surface area contributed by atoms with Gasteiger partial charge < -0.3 is 15.0 Å². The first-order valence-electron chi connectivity index (χ1n) is 8.71. The third-order valence-electron chi connectivity index (χ3n) is 5.09. The summed E-state index contributed by atoms with van der Waals surface area (Å²) in [7, 11) is 0. The lowest BCUT2D eigenvalue weighted by molar-refractivity contribution is -0.136. The number of esters is 1. The van der Waals surface area contributed by atoms with Crippen LogP contribution in [-0.2, 0) is 9.53 Å². The number of hydrogen-bond donors (Lipinski definition) is 2. The van der Waals surface area contributed by atoms with Crippen LogP contribution in [0.3, 0.4) is 0 Å². The lowest BCUT2D eigenvalue weighted by Crippen LogP contribution is -2.22. The summed E-state index contributed by atoms with van der Waals surface area (Å²) < 4.78 is 5.27. The van der Waals surface area contributed by atoms with E-state index in [1.54, 1.807) is 0 Å². The Bertz CT molecular complexity index is 847. The van der Waals surface area contributed by atoms with Crippen molar-refractivity contribution in [3.8, 4) is 0 Å². The van der Waals surface area contributed by atoms with Gasteiger partial charge in [-0.25, -0.2) is 4.79 Å². The van der Waals surface area contributed by atoms with Gasteiger partial charge in [0.15, 0.2) is 5.82 Å². The molecule has 6 nitrogen and oxygen atoms in total. The van der Waals surface area contributed by atoms with Crippen LogP contribution in [-0.4, -0.2) is 35.9 Å². The second kappa shape index (κ2) is 5.95. The standard InChI is InChI=1S/C19H22N4O2/c1-4-23(5-2)13-8-6-12(7-9-13)16-15-11(3)21-22-18(15)20-14-10-25-19(24)17(14)16/h6-9,16H,4-5,10H2,1-3H3,(H2,20,21,22)/t16-/m1/s1. The fraction of sp³-hybridized carbons (Fsp3) is 0.368. The number of ether oxygens (including phenoxy) is 1. The summed E-state index contributed by atoms with van der Waals surface area (Å²) in [5, 5.41) is 10.6. The maximum absolute atomic E-state index is 12.3. The first kappa shape index (κ1) is 15.7. The number of nitrogens with one attached hydrogen (secondary N) is 2. The van der Waals surface area contributed by atoms with E-state index in [4.69, 9.17) is 4.74 Å². The Balaban J connectivity index is 1.79. The number of anilines is 2. The van der Waals surface area contributed by atoms with Crippen LogP contribution >= 0.6 is 0 Å². The Morgan fingerprint density at radius 3 is 2.64 bits per heavy atom. The fourth-order valence-electron chi connectivity index (χ4n) is 3.79. The molecule has 4 rings (SSSR count). The van der Waals surface area contributed by atoms with Gasteiger partial charge in [0.2, 0.25) is 0 Å². The van der Waals surface area contributed by atoms with Crippen molar-refractivity contribution in [1.82, 2.24) is 10.2 Å². The van der Waals surface area contributed by atoms with Crippen LogP contribution in [0.1, 0.15) is 36.6 Å². The maximum Gasteiger partial charge on any atom is 0.337 e. The molecule has 0 spiro atoms. The molecule has 0 saturated heterocycles. The van der Waals surface area contributed by atoms with Crippen molar-refractivity contribution in [2.75, 3.05) is 29.9 Å². The van der Waals surface area contributed by atoms with Crippen LogP contribution < -0.4 is 10.2 Å². The zero-order chi connectivity index (χ0) is 17.6. The van der Waals surface area contributed by atoms with Gasteiger partial charge in [0.25, 0.3) is 0 Å². The van der Waals surface area contributed by atoms with Crippen LogP contribution in [0.4, 0.5) is 11.5 Å². The van der Waals surface area contributed by atoms with Crippen LogP contribution in [0.2, 0.25) is 0 Å². The monoisotopic (exact) mass is 338 g/mol. The molecule has 0 saturated carbocycles. The minimum absolute atomic E-state index is 0.147. The molecule has 6 heteroatoms. The Kier molecular flexibility index (Phi) is 3.75. The molecule has 0 fully saturated rings. The Morgan fingerprint density at radius 1 is 1.24 bits per heavy atom. The molecule has 0 unspecified atom stereocenters. The predicted molar refractivity (Wildman–Crippen MR) is 96.8 cm³/mol. The first-order valence-corrected chi connectivity index (χ1v) is 8.71. The van der Waals surface area contributed by atoms with Crippen LogP contribution in [0.5, 0.6) is 0 Å². The highest BCUT2D eigenvalue weighted by Gasteiger charge is 2.40. The molecule has 1 aromatic heterocycles. The van der Waals surface area contributed by atoms with Crippen molar-refractivity contribution in [2.24, 2.45) is 0 Å². The number of aromatic amines is 1. The molecule has 130 valence electrons. The molecule has 0 bridgehead atoms. The van der Waals surface area contributed by atoms with E-state index in [1.165, 1.54) is 5.69 Å². The zero-order valence-electron chi connectivity index (χ0n) is 14.7. The van der Waals surface area contributed by atoms with Gasteiger partial charge in [0.1, 0.15) is 6.61 Å². The van der Waals surface area contributed by atoms with Gasteiger partial charge in [-0.1, -0.05) is 12.1 Å². The van der Waals surface area contributed by atoms with Crippen LogP contribution in [0, 0.1) is 6.92 Å². The average Bonchev–Trinajstić information content (AvgIpc) is 3.19. The van der Waals surface area contributed by atoms with Crippen molar-refractivity contribution < 1.29 is 9.53 Å². The van der Waals surface area contributed by atoms with E-state index in [9.17, 15) is 4.79 Å². The Labute approximate surface area is 146 Å². The number of aryl methyl sites for hydroxylation is 1. The average molecular weight is 338 g/mol. The second-order valence-corrected chi connectivity index (χ2v) is 6.40. The molecular formula is C19H22N4O2. The van der Waals surface area contributed by atoms with Gasteiger partial charge >= 0.3 is 5.97 Å². The van der Waals surface area contributed by atoms with Gasteiger partial charge in [0, 0.05) is 36.0 Å². The van der Waals surface area contributed by atoms with E-state index in [0.717, 1.165) is 41.4 Å². The molecule has 1 atom stereocenters. The van der Waals surface area contributed by atoms with Crippen molar-refractivity contribution >= 4 is 17.5 Å². The maximum atomic E-state index is 12.3. The molecule has 0 aliphatic carbocycles. The lowest BCUT2D eigenvalue weighted by atomic mass is 9.82. The summed E-state index contributed by atoms with van der Waals surface area (Å²) in [6.07, 6.45) is 0. The molecule has 0 radical (unpaired) electrons. The molecule has 3 heterocycles. The van der Waals surface area contributed by atoms with Crippen molar-refractivity contribution in [3.63, 3.8) is 0 Å². The highest BCUT2D eigenvalue weighted by molar-refractivity contribution is 5.97. The molecule has 1 aromatic carbocycles. The third-order valence-corrected chi connectivity index (χ3v) is 5.09. The van der Waals surface area contributed by atoms with Crippen molar-refractivity contribution in [3.05, 3.63) is 52.4 Å². The highest BCUT2D eigenvalue weighted by atomic mass is 16.5. The molecule has 2 aliphatic heterocycles. The van der Waals surface area contributed by atoms with Gasteiger partial charge in [-0.15, -0.1) is 0 Å². The molecular weight excluding hydrogens is 316 g/mol. The number of hydrogen-bond acceptors (Lipinski definition) is 5. The zero-order valence-corrected chi connectivity index (χ0v) is 14.7. The molecule has 0 amide bonds. The number of cyclic esters (lactones) is 1. The quantitative estimate of drug-likeness (QED) is 0.839. The molecule has 2 aromatic rings. The Morgan fingerprint density at radius 2 is 1.96 bits per heavy atom. The minimum Gasteiger partial charge on any atom is -0.456 e. The number of benzene rings is 1. The summed E-state index contributed by atoms with van der Waals surface area (Å²) in [6.45, 7) is 8.50. The summed E-state index contributed by atoms with van der Waals surface area (Å²) in [4.78, 5) is 14.6. The van der Waals surface area contributed by atoms with Gasteiger partial charge in [-0.05, 0) is 38.5 Å². The first-order chi connectivity index (χ1) is 12.1. The Hall–Kier alpha value is -2.76. The van der Waals surface area contributed by atoms with E-state index in [1.807, 2.05) is 6.92 Å². The number of nitrogens with zero attached hydrogens (tertiary/aromatic N) is 2. The number of fused-ring (bicyclic) bond motifs is 1. The normalized spacial score (nSPS) is 18.5. The molecule has 25 heavy (non-hydrogen) atoms. The number of aromatic nitrogens is 2. The van der Waals surface area contributed by atoms with E-state index in [0.29, 0.717) is 5.57 Å². The number of rotatable bonds is 4. The number of carbonyl (C=O) groups is 1. The third kappa shape index (κ3) is 2.40. The predicted octanol–water partition coefficient (Wildman–Crippen LogP) is 2.93. The summed E-state index contributed by atoms with van der Waals surface area (Å²) in [5.41, 5.74) is 5.78. The summed E-state index contributed by atoms with van der Waals surface area (Å²) >= 11 is 0. The van der Waals surface area contributed by atoms with Crippen molar-refractivity contribution in [2.45, 2.75) is 26.7 Å². The molecule has 2 aliphatic rings. The van der Waals surface area contributed by atoms with E-state index in [2.05, 4.69) is 58.5 Å². The largest absolute Gasteiger partial charge is 0.456 e. The van der Waals surface area contributed by atoms with E-state index >= 15 is 0 Å². The smallest absolute Gasteiger partial charge is 0.337 e.